The number of benzene rings is 1. The monoisotopic (exact) mass is 269 g/mol. The fourth-order valence-electron chi connectivity index (χ4n) is 1.86. The molecule has 106 valence electrons. The molecule has 0 radical (unpaired) electrons. The highest BCUT2D eigenvalue weighted by Crippen LogP contribution is 2.32. The van der Waals surface area contributed by atoms with Gasteiger partial charge in [-0.05, 0) is 25.0 Å². The molecule has 0 spiro atoms. The van der Waals surface area contributed by atoms with E-state index in [1.165, 1.54) is 6.42 Å². The summed E-state index contributed by atoms with van der Waals surface area (Å²) in [5, 5.41) is 18.2. The zero-order chi connectivity index (χ0) is 15.1. The fraction of sp³-hybridized carbons (Fsp3) is 0.278. The van der Waals surface area contributed by atoms with Crippen molar-refractivity contribution < 1.29 is 5.11 Å². The normalized spacial score (nSPS) is 15.2. The van der Waals surface area contributed by atoms with Crippen LogP contribution >= 0.6 is 0 Å². The van der Waals surface area contributed by atoms with Gasteiger partial charge in [-0.1, -0.05) is 62.8 Å². The van der Waals surface area contributed by atoms with Gasteiger partial charge in [0.2, 0.25) is 0 Å². The van der Waals surface area contributed by atoms with Gasteiger partial charge in [-0.2, -0.15) is 0 Å². The summed E-state index contributed by atoms with van der Waals surface area (Å²) in [6.07, 6.45) is 10.8. The van der Waals surface area contributed by atoms with Crippen molar-refractivity contribution >= 4 is 11.8 Å². The molecule has 2 rings (SSSR count). The minimum Gasteiger partial charge on any atom is -0.507 e. The molecule has 0 atom stereocenters. The number of hydrogen-bond acceptors (Lipinski definition) is 2. The van der Waals surface area contributed by atoms with E-state index in [0.29, 0.717) is 11.3 Å². The van der Waals surface area contributed by atoms with Crippen molar-refractivity contribution in [2.24, 2.45) is 0 Å². The molecule has 20 heavy (non-hydrogen) atoms. The van der Waals surface area contributed by atoms with Gasteiger partial charge in [0.05, 0.1) is 5.71 Å². The first-order valence-electron chi connectivity index (χ1n) is 6.99. The smallest absolute Gasteiger partial charge is 0.128 e. The third-order valence-corrected chi connectivity index (χ3v) is 2.86. The van der Waals surface area contributed by atoms with Crippen molar-refractivity contribution in [1.82, 2.24) is 0 Å². The SMILES string of the molecule is C/C=C\C=C1\C=Cc2ccc(C)c(O)c2C1=N.CCC. The quantitative estimate of drug-likeness (QED) is 0.739. The summed E-state index contributed by atoms with van der Waals surface area (Å²) >= 11 is 0. The third kappa shape index (κ3) is 3.47. The van der Waals surface area contributed by atoms with E-state index in [9.17, 15) is 5.11 Å². The van der Waals surface area contributed by atoms with Crippen molar-refractivity contribution in [3.63, 3.8) is 0 Å². The number of nitrogens with one attached hydrogen (secondary N) is 1. The summed E-state index contributed by atoms with van der Waals surface area (Å²) in [6, 6.07) is 3.80. The molecule has 0 fully saturated rings. The summed E-state index contributed by atoms with van der Waals surface area (Å²) in [4.78, 5) is 0. The number of phenolic OH excluding ortho intramolecular Hbond substituents is 1. The maximum absolute atomic E-state index is 10.0. The predicted molar refractivity (Wildman–Crippen MR) is 87.6 cm³/mol. The summed E-state index contributed by atoms with van der Waals surface area (Å²) in [5.74, 6) is 0.211. The van der Waals surface area contributed by atoms with Crippen molar-refractivity contribution in [3.05, 3.63) is 58.7 Å². The van der Waals surface area contributed by atoms with Crippen LogP contribution in [0.4, 0.5) is 0 Å². The molecule has 0 saturated carbocycles. The Kier molecular flexibility index (Phi) is 5.98. The van der Waals surface area contributed by atoms with Gasteiger partial charge in [0.15, 0.2) is 0 Å². The molecule has 0 saturated heterocycles. The van der Waals surface area contributed by atoms with Crippen molar-refractivity contribution in [1.29, 1.82) is 5.41 Å². The fourth-order valence-corrected chi connectivity index (χ4v) is 1.86. The van der Waals surface area contributed by atoms with Gasteiger partial charge in [0.1, 0.15) is 5.75 Å². The maximum atomic E-state index is 10.0. The van der Waals surface area contributed by atoms with Crippen LogP contribution in [0.1, 0.15) is 43.9 Å². The second-order valence-electron chi connectivity index (χ2n) is 4.76. The molecule has 0 heterocycles. The zero-order valence-electron chi connectivity index (χ0n) is 12.7. The topological polar surface area (TPSA) is 44.1 Å². The van der Waals surface area contributed by atoms with Gasteiger partial charge in [-0.15, -0.1) is 0 Å². The molecule has 1 aliphatic carbocycles. The van der Waals surface area contributed by atoms with Crippen molar-refractivity contribution in [3.8, 4) is 5.75 Å². The highest BCUT2D eigenvalue weighted by Gasteiger charge is 2.18. The average molecular weight is 269 g/mol. The van der Waals surface area contributed by atoms with E-state index in [4.69, 9.17) is 5.41 Å². The first kappa shape index (κ1) is 16.0. The standard InChI is InChI=1S/C15H15NO.C3H8/c1-3-4-5-12-9-8-11-7-6-10(2)15(17)13(11)14(12)16;1-3-2/h3-9,16-17H,1-2H3;3H2,1-2H3/b4-3-,12-5-,16-14?;. The zero-order valence-corrected chi connectivity index (χ0v) is 12.7. The highest BCUT2D eigenvalue weighted by atomic mass is 16.3. The van der Waals surface area contributed by atoms with Crippen LogP contribution in [-0.4, -0.2) is 10.8 Å². The van der Waals surface area contributed by atoms with E-state index >= 15 is 0 Å². The van der Waals surface area contributed by atoms with Crippen molar-refractivity contribution in [2.75, 3.05) is 0 Å². The minimum atomic E-state index is 0.211. The van der Waals surface area contributed by atoms with Crippen LogP contribution in [0.5, 0.6) is 5.75 Å². The molecule has 0 amide bonds. The Bertz CT molecular complexity index is 577. The lowest BCUT2D eigenvalue weighted by molar-refractivity contribution is 0.470. The van der Waals surface area contributed by atoms with E-state index < -0.39 is 0 Å². The lowest BCUT2D eigenvalue weighted by Gasteiger charge is -2.16. The molecule has 0 aromatic heterocycles. The van der Waals surface area contributed by atoms with Gasteiger partial charge >= 0.3 is 0 Å². The number of phenols is 1. The molecule has 0 bridgehead atoms. The largest absolute Gasteiger partial charge is 0.507 e. The van der Waals surface area contributed by atoms with Gasteiger partial charge < -0.3 is 5.11 Å². The highest BCUT2D eigenvalue weighted by molar-refractivity contribution is 6.18. The van der Waals surface area contributed by atoms with E-state index in [2.05, 4.69) is 13.8 Å². The summed E-state index contributed by atoms with van der Waals surface area (Å²) in [7, 11) is 0. The number of rotatable bonds is 1. The Morgan fingerprint density at radius 3 is 2.45 bits per heavy atom. The first-order valence-corrected chi connectivity index (χ1v) is 6.99. The van der Waals surface area contributed by atoms with Crippen LogP contribution in [0.15, 0.2) is 42.0 Å². The van der Waals surface area contributed by atoms with E-state index in [1.54, 1.807) is 0 Å². The Labute approximate surface area is 121 Å². The Morgan fingerprint density at radius 2 is 1.85 bits per heavy atom. The van der Waals surface area contributed by atoms with Gasteiger partial charge in [0, 0.05) is 11.1 Å². The lowest BCUT2D eigenvalue weighted by atomic mass is 9.89. The molecule has 2 heteroatoms. The maximum Gasteiger partial charge on any atom is 0.128 e. The number of aromatic hydroxyl groups is 1. The third-order valence-electron chi connectivity index (χ3n) is 2.86. The Hall–Kier alpha value is -2.09. The number of aryl methyl sites for hydroxylation is 1. The van der Waals surface area contributed by atoms with E-state index in [1.807, 2.05) is 56.4 Å². The van der Waals surface area contributed by atoms with Crippen LogP contribution in [0.25, 0.3) is 6.08 Å². The number of hydrogen-bond donors (Lipinski definition) is 2. The van der Waals surface area contributed by atoms with Crippen LogP contribution < -0.4 is 0 Å². The van der Waals surface area contributed by atoms with Crippen LogP contribution in [-0.2, 0) is 0 Å². The van der Waals surface area contributed by atoms with Crippen LogP contribution in [0.3, 0.4) is 0 Å². The summed E-state index contributed by atoms with van der Waals surface area (Å²) in [6.45, 7) is 8.03. The molecule has 2 N–H and O–H groups in total. The Balaban J connectivity index is 0.000000612. The van der Waals surface area contributed by atoms with Crippen LogP contribution in [0, 0.1) is 12.3 Å². The molecule has 1 aliphatic rings. The molecule has 1 aromatic rings. The second kappa shape index (κ2) is 7.49. The number of fused-ring (bicyclic) bond motifs is 1. The van der Waals surface area contributed by atoms with Gasteiger partial charge in [-0.25, -0.2) is 0 Å². The Morgan fingerprint density at radius 1 is 1.20 bits per heavy atom. The summed E-state index contributed by atoms with van der Waals surface area (Å²) in [5.41, 5.74) is 3.52. The van der Waals surface area contributed by atoms with Gasteiger partial charge in [0.25, 0.3) is 0 Å². The van der Waals surface area contributed by atoms with Crippen molar-refractivity contribution in [2.45, 2.75) is 34.1 Å². The minimum absolute atomic E-state index is 0.211. The molecule has 0 aliphatic heterocycles. The lowest BCUT2D eigenvalue weighted by Crippen LogP contribution is -2.08. The predicted octanol–water partition coefficient (Wildman–Crippen LogP) is 5.01. The van der Waals surface area contributed by atoms with E-state index in [0.717, 1.165) is 16.7 Å². The summed E-state index contributed by atoms with van der Waals surface area (Å²) < 4.78 is 0. The average Bonchev–Trinajstić information content (AvgIpc) is 2.43. The molecular formula is C18H23NO. The molecule has 1 aromatic carbocycles. The molecule has 2 nitrogen and oxygen atoms in total. The first-order chi connectivity index (χ1) is 9.56. The van der Waals surface area contributed by atoms with Gasteiger partial charge in [-0.3, -0.25) is 5.41 Å². The molecule has 0 unspecified atom stereocenters. The second-order valence-corrected chi connectivity index (χ2v) is 4.76. The number of allylic oxidation sites excluding steroid dienone is 5. The van der Waals surface area contributed by atoms with Crippen LogP contribution in [0.2, 0.25) is 0 Å². The van der Waals surface area contributed by atoms with E-state index in [-0.39, 0.29) is 5.75 Å². The molecular weight excluding hydrogens is 246 g/mol.